The van der Waals surface area contributed by atoms with E-state index in [1.165, 1.54) is 37.8 Å². The van der Waals surface area contributed by atoms with Crippen LogP contribution in [-0.4, -0.2) is 24.5 Å². The minimum atomic E-state index is -0.916. The SMILES string of the molecule is CC(C)(Oc1cc(Br)cnc1N)c1cc(F)ccc1-c1nn(CC2CC2)cc1Cc1cnn(CC2CC2)c1. The van der Waals surface area contributed by atoms with Crippen molar-refractivity contribution in [2.75, 3.05) is 5.73 Å². The fourth-order valence-electron chi connectivity index (χ4n) is 4.92. The number of ether oxygens (including phenoxy) is 1. The fraction of sp³-hybridized carbons (Fsp3) is 0.414. The van der Waals surface area contributed by atoms with Crippen LogP contribution in [0, 0.1) is 17.7 Å². The van der Waals surface area contributed by atoms with Gasteiger partial charge in [-0.25, -0.2) is 9.37 Å². The lowest BCUT2D eigenvalue weighted by atomic mass is 9.89. The zero-order valence-electron chi connectivity index (χ0n) is 21.7. The lowest BCUT2D eigenvalue weighted by Gasteiger charge is -2.29. The zero-order valence-corrected chi connectivity index (χ0v) is 23.3. The van der Waals surface area contributed by atoms with E-state index in [2.05, 4.69) is 43.1 Å². The first kappa shape index (κ1) is 25.1. The first-order valence-corrected chi connectivity index (χ1v) is 14.0. The van der Waals surface area contributed by atoms with Crippen LogP contribution in [0.5, 0.6) is 5.75 Å². The normalized spacial score (nSPS) is 15.7. The third-order valence-electron chi connectivity index (χ3n) is 7.30. The molecule has 2 fully saturated rings. The average Bonchev–Trinajstić information content (AvgIpc) is 3.78. The Labute approximate surface area is 230 Å². The molecule has 2 aliphatic rings. The standard InChI is InChI=1S/C29H32BrFN6O/c1-29(2,38-26-10-22(30)13-33-28(26)32)25-11-23(31)7-8-24(25)27-21(17-37(35-27)15-19-5-6-19)9-20-12-34-36(16-20)14-18-3-4-18/h7-8,10-13,16-19H,3-6,9,14-15H2,1-2H3,(H2,32,33). The van der Waals surface area contributed by atoms with Crippen LogP contribution in [-0.2, 0) is 25.1 Å². The Balaban J connectivity index is 1.37. The summed E-state index contributed by atoms with van der Waals surface area (Å²) in [7, 11) is 0. The van der Waals surface area contributed by atoms with Gasteiger partial charge in [0.05, 0.1) is 11.9 Å². The van der Waals surface area contributed by atoms with Gasteiger partial charge >= 0.3 is 0 Å². The van der Waals surface area contributed by atoms with E-state index in [4.69, 9.17) is 15.6 Å². The number of benzene rings is 1. The van der Waals surface area contributed by atoms with Gasteiger partial charge in [-0.15, -0.1) is 0 Å². The maximum Gasteiger partial charge on any atom is 0.166 e. The van der Waals surface area contributed by atoms with E-state index in [0.717, 1.165) is 45.9 Å². The molecule has 2 aliphatic carbocycles. The molecular formula is C29H32BrFN6O. The number of anilines is 1. The Morgan fingerprint density at radius 1 is 1.05 bits per heavy atom. The van der Waals surface area contributed by atoms with Crippen molar-refractivity contribution in [3.63, 3.8) is 0 Å². The first-order chi connectivity index (χ1) is 18.2. The van der Waals surface area contributed by atoms with Gasteiger partial charge in [0, 0.05) is 59.3 Å². The Morgan fingerprint density at radius 3 is 2.53 bits per heavy atom. The van der Waals surface area contributed by atoms with Gasteiger partial charge in [-0.3, -0.25) is 9.36 Å². The van der Waals surface area contributed by atoms with Crippen molar-refractivity contribution < 1.29 is 9.13 Å². The molecule has 2 saturated carbocycles. The Bertz CT molecular complexity index is 1470. The van der Waals surface area contributed by atoms with Crippen LogP contribution < -0.4 is 10.5 Å². The second kappa shape index (κ2) is 9.84. The lowest BCUT2D eigenvalue weighted by molar-refractivity contribution is 0.109. The smallest absolute Gasteiger partial charge is 0.166 e. The monoisotopic (exact) mass is 578 g/mol. The molecule has 38 heavy (non-hydrogen) atoms. The minimum absolute atomic E-state index is 0.275. The van der Waals surface area contributed by atoms with Gasteiger partial charge in [0.1, 0.15) is 11.4 Å². The van der Waals surface area contributed by atoms with Crippen molar-refractivity contribution >= 4 is 21.7 Å². The van der Waals surface area contributed by atoms with Crippen molar-refractivity contribution in [3.8, 4) is 17.0 Å². The molecule has 4 aromatic rings. The quantitative estimate of drug-likeness (QED) is 0.237. The van der Waals surface area contributed by atoms with Crippen LogP contribution >= 0.6 is 15.9 Å². The molecule has 2 N–H and O–H groups in total. The van der Waals surface area contributed by atoms with E-state index in [-0.39, 0.29) is 11.6 Å². The second-order valence-corrected chi connectivity index (χ2v) is 12.1. The number of pyridine rings is 1. The van der Waals surface area contributed by atoms with E-state index in [0.29, 0.717) is 23.7 Å². The second-order valence-electron chi connectivity index (χ2n) is 11.2. The van der Waals surface area contributed by atoms with Gasteiger partial charge in [0.25, 0.3) is 0 Å². The molecule has 0 radical (unpaired) electrons. The molecule has 3 aromatic heterocycles. The third-order valence-corrected chi connectivity index (χ3v) is 7.74. The van der Waals surface area contributed by atoms with Crippen molar-refractivity contribution in [3.05, 3.63) is 76.0 Å². The third kappa shape index (κ3) is 5.62. The molecule has 3 heterocycles. The molecular weight excluding hydrogens is 547 g/mol. The van der Waals surface area contributed by atoms with Gasteiger partial charge in [0.15, 0.2) is 11.6 Å². The number of hydrogen-bond donors (Lipinski definition) is 1. The summed E-state index contributed by atoms with van der Waals surface area (Å²) in [5.41, 5.74) is 9.79. The van der Waals surface area contributed by atoms with Crippen LogP contribution in [0.15, 0.2) is 53.5 Å². The van der Waals surface area contributed by atoms with Gasteiger partial charge in [-0.1, -0.05) is 0 Å². The molecule has 7 nitrogen and oxygen atoms in total. The number of nitrogens with zero attached hydrogens (tertiary/aromatic N) is 5. The largest absolute Gasteiger partial charge is 0.479 e. The van der Waals surface area contributed by atoms with Crippen molar-refractivity contribution in [2.24, 2.45) is 11.8 Å². The molecule has 1 aromatic carbocycles. The van der Waals surface area contributed by atoms with Crippen LogP contribution in [0.1, 0.15) is 56.2 Å². The number of rotatable bonds is 10. The molecule has 0 saturated heterocycles. The van der Waals surface area contributed by atoms with Gasteiger partial charge < -0.3 is 10.5 Å². The highest BCUT2D eigenvalue weighted by Gasteiger charge is 2.31. The van der Waals surface area contributed by atoms with E-state index in [1.54, 1.807) is 12.3 Å². The predicted molar refractivity (Wildman–Crippen MR) is 148 cm³/mol. The average molecular weight is 580 g/mol. The maximum absolute atomic E-state index is 14.7. The molecule has 0 atom stereocenters. The van der Waals surface area contributed by atoms with E-state index in [9.17, 15) is 4.39 Å². The van der Waals surface area contributed by atoms with Gasteiger partial charge in [-0.05, 0) is 97.1 Å². The molecule has 9 heteroatoms. The van der Waals surface area contributed by atoms with E-state index < -0.39 is 5.60 Å². The Hall–Kier alpha value is -3.20. The highest BCUT2D eigenvalue weighted by Crippen LogP contribution is 2.39. The number of aromatic nitrogens is 5. The fourth-order valence-corrected chi connectivity index (χ4v) is 5.23. The summed E-state index contributed by atoms with van der Waals surface area (Å²) in [4.78, 5) is 4.18. The Morgan fingerprint density at radius 2 is 1.79 bits per heavy atom. The lowest BCUT2D eigenvalue weighted by Crippen LogP contribution is -2.27. The maximum atomic E-state index is 14.7. The molecule has 6 rings (SSSR count). The molecule has 0 spiro atoms. The van der Waals surface area contributed by atoms with Crippen LogP contribution in [0.3, 0.4) is 0 Å². The summed E-state index contributed by atoms with van der Waals surface area (Å²) in [6, 6.07) is 6.61. The molecule has 198 valence electrons. The highest BCUT2D eigenvalue weighted by atomic mass is 79.9. The van der Waals surface area contributed by atoms with Gasteiger partial charge in [0.2, 0.25) is 0 Å². The van der Waals surface area contributed by atoms with Gasteiger partial charge in [-0.2, -0.15) is 10.2 Å². The minimum Gasteiger partial charge on any atom is -0.479 e. The summed E-state index contributed by atoms with van der Waals surface area (Å²) in [6.45, 7) is 5.70. The Kier molecular flexibility index (Phi) is 6.50. The summed E-state index contributed by atoms with van der Waals surface area (Å²) in [5, 5.41) is 9.62. The van der Waals surface area contributed by atoms with Crippen molar-refractivity contribution in [1.29, 1.82) is 0 Å². The number of hydrogen-bond acceptors (Lipinski definition) is 5. The zero-order chi connectivity index (χ0) is 26.4. The predicted octanol–water partition coefficient (Wildman–Crippen LogP) is 6.35. The van der Waals surface area contributed by atoms with Crippen LogP contribution in [0.2, 0.25) is 0 Å². The topological polar surface area (TPSA) is 83.8 Å². The molecule has 0 aliphatic heterocycles. The molecule has 0 bridgehead atoms. The number of nitrogen functional groups attached to an aromatic ring is 1. The van der Waals surface area contributed by atoms with E-state index >= 15 is 0 Å². The highest BCUT2D eigenvalue weighted by molar-refractivity contribution is 9.10. The van der Waals surface area contributed by atoms with Crippen LogP contribution in [0.25, 0.3) is 11.3 Å². The molecule has 0 amide bonds. The van der Waals surface area contributed by atoms with Crippen molar-refractivity contribution in [2.45, 2.75) is 64.6 Å². The number of halogens is 2. The summed E-state index contributed by atoms with van der Waals surface area (Å²) >= 11 is 3.43. The van der Waals surface area contributed by atoms with Crippen molar-refractivity contribution in [1.82, 2.24) is 24.5 Å². The summed E-state index contributed by atoms with van der Waals surface area (Å²) < 4.78 is 25.9. The summed E-state index contributed by atoms with van der Waals surface area (Å²) in [5.74, 6) is 1.81. The van der Waals surface area contributed by atoms with Crippen LogP contribution in [0.4, 0.5) is 10.2 Å². The van der Waals surface area contributed by atoms with E-state index in [1.807, 2.05) is 30.8 Å². The first-order valence-electron chi connectivity index (χ1n) is 13.2. The summed E-state index contributed by atoms with van der Waals surface area (Å²) in [6.07, 6.45) is 13.6. The molecule has 0 unspecified atom stereocenters. The number of nitrogens with two attached hydrogens (primary N) is 1.